The molecule has 16 heavy (non-hydrogen) atoms. The molecule has 0 aliphatic rings. The summed E-state index contributed by atoms with van der Waals surface area (Å²) in [6.45, 7) is 7.82. The smallest absolute Gasteiger partial charge is 0.251 e. The van der Waals surface area contributed by atoms with E-state index in [1.54, 1.807) is 0 Å². The third kappa shape index (κ3) is 2.80. The molecule has 1 aromatic rings. The van der Waals surface area contributed by atoms with Gasteiger partial charge in [0.15, 0.2) is 0 Å². The molecule has 0 saturated carbocycles. The van der Waals surface area contributed by atoms with E-state index in [1.807, 2.05) is 19.9 Å². The molecule has 1 aromatic heterocycles. The van der Waals surface area contributed by atoms with Gasteiger partial charge in [-0.15, -0.1) is 11.7 Å². The second kappa shape index (κ2) is 5.86. The number of hydrogen-bond donors (Lipinski definition) is 0. The Bertz CT molecular complexity index is 421. The van der Waals surface area contributed by atoms with Crippen LogP contribution in [0.3, 0.4) is 0 Å². The number of ether oxygens (including phenoxy) is 1. The lowest BCUT2D eigenvalue weighted by Gasteiger charge is -2.08. The Morgan fingerprint density at radius 1 is 1.44 bits per heavy atom. The molecule has 1 rings (SSSR count). The summed E-state index contributed by atoms with van der Waals surface area (Å²) in [7, 11) is 0. The number of nitrogens with zero attached hydrogens (tertiary/aromatic N) is 3. The van der Waals surface area contributed by atoms with Gasteiger partial charge in [-0.3, -0.25) is 0 Å². The van der Waals surface area contributed by atoms with Crippen molar-refractivity contribution in [2.75, 3.05) is 6.61 Å². The van der Waals surface area contributed by atoms with Crippen LogP contribution in [0.4, 0.5) is 0 Å². The molecule has 0 unspecified atom stereocenters. The highest BCUT2D eigenvalue weighted by molar-refractivity contribution is 5.44. The van der Waals surface area contributed by atoms with E-state index in [1.165, 1.54) is 0 Å². The highest BCUT2D eigenvalue weighted by Gasteiger charge is 2.11. The molecular weight excluding hydrogens is 202 g/mol. The van der Waals surface area contributed by atoms with Gasteiger partial charge in [0.05, 0.1) is 12.3 Å². The van der Waals surface area contributed by atoms with Gasteiger partial charge in [0.25, 0.3) is 5.88 Å². The number of hydrogen-bond acceptors (Lipinski definition) is 4. The lowest BCUT2D eigenvalue weighted by atomic mass is 10.1. The quantitative estimate of drug-likeness (QED) is 0.561. The zero-order chi connectivity index (χ0) is 12.0. The average Bonchev–Trinajstić information content (AvgIpc) is 2.29. The van der Waals surface area contributed by atoms with Gasteiger partial charge in [0.1, 0.15) is 11.6 Å². The fourth-order valence-electron chi connectivity index (χ4n) is 1.22. The van der Waals surface area contributed by atoms with E-state index in [0.717, 1.165) is 24.1 Å². The van der Waals surface area contributed by atoms with Crippen LogP contribution in [0.5, 0.6) is 5.88 Å². The number of rotatable bonds is 5. The third-order valence-corrected chi connectivity index (χ3v) is 2.33. The van der Waals surface area contributed by atoms with E-state index < -0.39 is 0 Å². The monoisotopic (exact) mass is 217 g/mol. The molecule has 0 amide bonds. The lowest BCUT2D eigenvalue weighted by Crippen LogP contribution is -2.05. The predicted octanol–water partition coefficient (Wildman–Crippen LogP) is 2.31. The van der Waals surface area contributed by atoms with Gasteiger partial charge < -0.3 is 4.74 Å². The van der Waals surface area contributed by atoms with E-state index in [9.17, 15) is 0 Å². The van der Waals surface area contributed by atoms with Crippen molar-refractivity contribution in [3.63, 3.8) is 0 Å². The van der Waals surface area contributed by atoms with Gasteiger partial charge in [-0.25, -0.2) is 0 Å². The van der Waals surface area contributed by atoms with Crippen LogP contribution in [0.1, 0.15) is 29.7 Å². The van der Waals surface area contributed by atoms with Gasteiger partial charge in [0.2, 0.25) is 0 Å². The largest absolute Gasteiger partial charge is 0.476 e. The molecule has 84 valence electrons. The first-order valence-electron chi connectivity index (χ1n) is 5.18. The Morgan fingerprint density at radius 2 is 2.19 bits per heavy atom. The highest BCUT2D eigenvalue weighted by Crippen LogP contribution is 2.19. The summed E-state index contributed by atoms with van der Waals surface area (Å²) in [5.41, 5.74) is 2.07. The normalized spacial score (nSPS) is 9.56. The second-order valence-electron chi connectivity index (χ2n) is 3.48. The first-order chi connectivity index (χ1) is 7.70. The molecular formula is C12H15N3O. The van der Waals surface area contributed by atoms with Crippen molar-refractivity contribution in [3.8, 4) is 11.9 Å². The predicted molar refractivity (Wildman–Crippen MR) is 61.1 cm³/mol. The Labute approximate surface area is 95.6 Å². The molecule has 0 aliphatic carbocycles. The van der Waals surface area contributed by atoms with Crippen molar-refractivity contribution in [2.24, 2.45) is 0 Å². The number of aromatic nitrogens is 2. The average molecular weight is 217 g/mol. The molecule has 0 spiro atoms. The second-order valence-corrected chi connectivity index (χ2v) is 3.48. The van der Waals surface area contributed by atoms with Crippen molar-refractivity contribution < 1.29 is 4.74 Å². The van der Waals surface area contributed by atoms with E-state index in [-0.39, 0.29) is 0 Å². The van der Waals surface area contributed by atoms with Crippen molar-refractivity contribution in [1.82, 2.24) is 10.2 Å². The maximum Gasteiger partial charge on any atom is 0.251 e. The first kappa shape index (κ1) is 12.2. The minimum absolute atomic E-state index is 0.328. The first-order valence-corrected chi connectivity index (χ1v) is 5.18. The molecule has 0 bridgehead atoms. The van der Waals surface area contributed by atoms with E-state index in [4.69, 9.17) is 10.00 Å². The van der Waals surface area contributed by atoms with Crippen molar-refractivity contribution >= 4 is 0 Å². The van der Waals surface area contributed by atoms with Gasteiger partial charge in [-0.2, -0.15) is 10.4 Å². The van der Waals surface area contributed by atoms with Crippen molar-refractivity contribution in [3.05, 3.63) is 29.5 Å². The Morgan fingerprint density at radius 3 is 2.81 bits per heavy atom. The number of nitriles is 1. The summed E-state index contributed by atoms with van der Waals surface area (Å²) in [4.78, 5) is 0. The summed E-state index contributed by atoms with van der Waals surface area (Å²) in [5.74, 6) is 0.328. The summed E-state index contributed by atoms with van der Waals surface area (Å²) in [5, 5.41) is 16.8. The number of aryl methyl sites for hydroxylation is 1. The molecule has 0 aliphatic heterocycles. The van der Waals surface area contributed by atoms with Crippen LogP contribution in [0.2, 0.25) is 0 Å². The molecule has 4 heteroatoms. The van der Waals surface area contributed by atoms with Crippen LogP contribution in [0.15, 0.2) is 12.7 Å². The molecule has 0 saturated heterocycles. The summed E-state index contributed by atoms with van der Waals surface area (Å²) < 4.78 is 5.42. The van der Waals surface area contributed by atoms with Crippen LogP contribution < -0.4 is 4.74 Å². The molecule has 0 radical (unpaired) electrons. The standard InChI is InChI=1S/C12H15N3O/c1-4-5-6-7-16-12-11(8-13)9(2)10(3)14-15-12/h4H,1,5-7H2,2-3H3. The molecule has 1 heterocycles. The maximum atomic E-state index is 9.01. The van der Waals surface area contributed by atoms with Crippen LogP contribution in [-0.4, -0.2) is 16.8 Å². The topological polar surface area (TPSA) is 58.8 Å². The molecule has 0 atom stereocenters. The molecule has 0 N–H and O–H groups in total. The Hall–Kier alpha value is -1.89. The van der Waals surface area contributed by atoms with Crippen molar-refractivity contribution in [2.45, 2.75) is 26.7 Å². The summed E-state index contributed by atoms with van der Waals surface area (Å²) in [6, 6.07) is 2.10. The van der Waals surface area contributed by atoms with E-state index >= 15 is 0 Å². The summed E-state index contributed by atoms with van der Waals surface area (Å²) in [6.07, 6.45) is 3.59. The lowest BCUT2D eigenvalue weighted by molar-refractivity contribution is 0.295. The molecule has 4 nitrogen and oxygen atoms in total. The minimum atomic E-state index is 0.328. The van der Waals surface area contributed by atoms with E-state index in [2.05, 4.69) is 22.8 Å². The number of allylic oxidation sites excluding steroid dienone is 1. The van der Waals surface area contributed by atoms with Crippen LogP contribution in [0.25, 0.3) is 0 Å². The van der Waals surface area contributed by atoms with Gasteiger partial charge >= 0.3 is 0 Å². The number of unbranched alkanes of at least 4 members (excludes halogenated alkanes) is 1. The molecule has 0 fully saturated rings. The van der Waals surface area contributed by atoms with E-state index in [0.29, 0.717) is 18.1 Å². The van der Waals surface area contributed by atoms with Crippen LogP contribution in [0, 0.1) is 25.2 Å². The van der Waals surface area contributed by atoms with Gasteiger partial charge in [-0.1, -0.05) is 6.08 Å². The zero-order valence-electron chi connectivity index (χ0n) is 9.66. The van der Waals surface area contributed by atoms with Crippen LogP contribution >= 0.6 is 0 Å². The summed E-state index contributed by atoms with van der Waals surface area (Å²) >= 11 is 0. The fourth-order valence-corrected chi connectivity index (χ4v) is 1.22. The Kier molecular flexibility index (Phi) is 4.46. The van der Waals surface area contributed by atoms with Gasteiger partial charge in [-0.05, 0) is 32.3 Å². The van der Waals surface area contributed by atoms with Crippen LogP contribution in [-0.2, 0) is 0 Å². The minimum Gasteiger partial charge on any atom is -0.476 e. The zero-order valence-corrected chi connectivity index (χ0v) is 9.66. The SMILES string of the molecule is C=CCCCOc1nnc(C)c(C)c1C#N. The van der Waals surface area contributed by atoms with Crippen molar-refractivity contribution in [1.29, 1.82) is 5.26 Å². The Balaban J connectivity index is 2.77. The highest BCUT2D eigenvalue weighted by atomic mass is 16.5. The maximum absolute atomic E-state index is 9.01. The fraction of sp³-hybridized carbons (Fsp3) is 0.417. The molecule has 0 aromatic carbocycles. The third-order valence-electron chi connectivity index (χ3n) is 2.33. The van der Waals surface area contributed by atoms with Gasteiger partial charge in [0, 0.05) is 0 Å².